The number of anilines is 1. The van der Waals surface area contributed by atoms with Crippen LogP contribution in [-0.2, 0) is 13.0 Å². The second kappa shape index (κ2) is 5.80. The molecular formula is C13H17N3S. The van der Waals surface area contributed by atoms with Crippen LogP contribution in [0, 0.1) is 6.92 Å². The Balaban J connectivity index is 1.81. The maximum atomic E-state index is 5.54. The van der Waals surface area contributed by atoms with Gasteiger partial charge in [-0.1, -0.05) is 29.8 Å². The number of nitrogens with two attached hydrogens (primary N) is 1. The maximum Gasteiger partial charge on any atom is 0.182 e. The number of aromatic nitrogens is 1. The van der Waals surface area contributed by atoms with E-state index in [0.29, 0.717) is 6.54 Å². The highest BCUT2D eigenvalue weighted by Crippen LogP contribution is 2.17. The van der Waals surface area contributed by atoms with Gasteiger partial charge in [0.15, 0.2) is 5.13 Å². The Labute approximate surface area is 106 Å². The normalized spacial score (nSPS) is 10.5. The van der Waals surface area contributed by atoms with Gasteiger partial charge in [-0.3, -0.25) is 0 Å². The van der Waals surface area contributed by atoms with E-state index in [2.05, 4.69) is 41.5 Å². The summed E-state index contributed by atoms with van der Waals surface area (Å²) >= 11 is 1.62. The van der Waals surface area contributed by atoms with Crippen molar-refractivity contribution in [2.45, 2.75) is 19.9 Å². The number of rotatable bonds is 5. The van der Waals surface area contributed by atoms with E-state index >= 15 is 0 Å². The highest BCUT2D eigenvalue weighted by molar-refractivity contribution is 7.15. The molecule has 0 saturated carbocycles. The molecule has 1 heterocycles. The SMILES string of the molecule is Cc1ccc(CCNc2ncc(CN)s2)cc1. The fourth-order valence-corrected chi connectivity index (χ4v) is 2.27. The van der Waals surface area contributed by atoms with E-state index < -0.39 is 0 Å². The van der Waals surface area contributed by atoms with Crippen molar-refractivity contribution in [2.24, 2.45) is 5.73 Å². The Morgan fingerprint density at radius 2 is 2.06 bits per heavy atom. The molecule has 0 aliphatic rings. The lowest BCUT2D eigenvalue weighted by Crippen LogP contribution is -2.04. The van der Waals surface area contributed by atoms with Crippen molar-refractivity contribution in [3.8, 4) is 0 Å². The minimum atomic E-state index is 0.567. The summed E-state index contributed by atoms with van der Waals surface area (Å²) < 4.78 is 0. The third-order valence-electron chi connectivity index (χ3n) is 2.57. The Hall–Kier alpha value is -1.39. The summed E-state index contributed by atoms with van der Waals surface area (Å²) in [5, 5.41) is 4.27. The molecule has 3 nitrogen and oxygen atoms in total. The standard InChI is InChI=1S/C13H17N3S/c1-10-2-4-11(5-3-10)6-7-15-13-16-9-12(8-14)17-13/h2-5,9H,6-8,14H2,1H3,(H,15,16). The maximum absolute atomic E-state index is 5.54. The number of nitrogens with zero attached hydrogens (tertiary/aromatic N) is 1. The molecule has 2 rings (SSSR count). The van der Waals surface area contributed by atoms with E-state index in [1.165, 1.54) is 11.1 Å². The monoisotopic (exact) mass is 247 g/mol. The van der Waals surface area contributed by atoms with Crippen LogP contribution in [0.2, 0.25) is 0 Å². The lowest BCUT2D eigenvalue weighted by atomic mass is 10.1. The van der Waals surface area contributed by atoms with Gasteiger partial charge in [0.1, 0.15) is 0 Å². The first-order valence-electron chi connectivity index (χ1n) is 5.72. The van der Waals surface area contributed by atoms with Crippen LogP contribution >= 0.6 is 11.3 Å². The molecule has 1 aromatic heterocycles. The van der Waals surface area contributed by atoms with Crippen molar-refractivity contribution in [1.29, 1.82) is 0 Å². The zero-order chi connectivity index (χ0) is 12.1. The van der Waals surface area contributed by atoms with Crippen molar-refractivity contribution in [1.82, 2.24) is 4.98 Å². The van der Waals surface area contributed by atoms with E-state index in [9.17, 15) is 0 Å². The average Bonchev–Trinajstić information content (AvgIpc) is 2.80. The quantitative estimate of drug-likeness (QED) is 0.853. The van der Waals surface area contributed by atoms with Gasteiger partial charge in [-0.05, 0) is 18.9 Å². The molecular weight excluding hydrogens is 230 g/mol. The van der Waals surface area contributed by atoms with Gasteiger partial charge in [-0.2, -0.15) is 0 Å². The van der Waals surface area contributed by atoms with Gasteiger partial charge in [0.2, 0.25) is 0 Å². The minimum absolute atomic E-state index is 0.567. The number of thiazole rings is 1. The molecule has 0 aliphatic carbocycles. The van der Waals surface area contributed by atoms with Crippen LogP contribution in [0.4, 0.5) is 5.13 Å². The van der Waals surface area contributed by atoms with Crippen LogP contribution in [0.5, 0.6) is 0 Å². The molecule has 0 aliphatic heterocycles. The zero-order valence-electron chi connectivity index (χ0n) is 9.94. The number of hydrogen-bond acceptors (Lipinski definition) is 4. The van der Waals surface area contributed by atoms with Gasteiger partial charge in [0.05, 0.1) is 0 Å². The highest BCUT2D eigenvalue weighted by atomic mass is 32.1. The van der Waals surface area contributed by atoms with E-state index in [0.717, 1.165) is 23.0 Å². The Bertz CT molecular complexity index is 462. The molecule has 0 amide bonds. The Morgan fingerprint density at radius 3 is 2.71 bits per heavy atom. The summed E-state index contributed by atoms with van der Waals surface area (Å²) in [6.07, 6.45) is 2.84. The van der Waals surface area contributed by atoms with Crippen LogP contribution in [0.25, 0.3) is 0 Å². The second-order valence-electron chi connectivity index (χ2n) is 4.00. The average molecular weight is 247 g/mol. The van der Waals surface area contributed by atoms with E-state index in [1.54, 1.807) is 11.3 Å². The van der Waals surface area contributed by atoms with Crippen molar-refractivity contribution < 1.29 is 0 Å². The molecule has 0 fully saturated rings. The van der Waals surface area contributed by atoms with Crippen LogP contribution < -0.4 is 11.1 Å². The molecule has 0 saturated heterocycles. The van der Waals surface area contributed by atoms with Gasteiger partial charge in [0.25, 0.3) is 0 Å². The van der Waals surface area contributed by atoms with Crippen LogP contribution in [0.15, 0.2) is 30.5 Å². The predicted octanol–water partition coefficient (Wildman–Crippen LogP) is 2.56. The fraction of sp³-hybridized carbons (Fsp3) is 0.308. The van der Waals surface area contributed by atoms with Crippen LogP contribution in [0.3, 0.4) is 0 Å². The largest absolute Gasteiger partial charge is 0.361 e. The molecule has 90 valence electrons. The lowest BCUT2D eigenvalue weighted by Gasteiger charge is -2.03. The molecule has 4 heteroatoms. The van der Waals surface area contributed by atoms with Gasteiger partial charge < -0.3 is 11.1 Å². The number of hydrogen-bond donors (Lipinski definition) is 2. The van der Waals surface area contributed by atoms with E-state index in [-0.39, 0.29) is 0 Å². The molecule has 0 bridgehead atoms. The van der Waals surface area contributed by atoms with E-state index in [4.69, 9.17) is 5.73 Å². The number of nitrogens with one attached hydrogen (secondary N) is 1. The van der Waals surface area contributed by atoms with E-state index in [1.807, 2.05) is 6.20 Å². The molecule has 0 atom stereocenters. The fourth-order valence-electron chi connectivity index (χ4n) is 1.55. The Morgan fingerprint density at radius 1 is 1.29 bits per heavy atom. The third kappa shape index (κ3) is 3.54. The van der Waals surface area contributed by atoms with Crippen molar-refractivity contribution in [3.05, 3.63) is 46.5 Å². The smallest absolute Gasteiger partial charge is 0.182 e. The number of aryl methyl sites for hydroxylation is 1. The van der Waals surface area contributed by atoms with Gasteiger partial charge >= 0.3 is 0 Å². The summed E-state index contributed by atoms with van der Waals surface area (Å²) in [5.41, 5.74) is 8.19. The third-order valence-corrected chi connectivity index (χ3v) is 3.54. The summed E-state index contributed by atoms with van der Waals surface area (Å²) in [5.74, 6) is 0. The van der Waals surface area contributed by atoms with Crippen molar-refractivity contribution >= 4 is 16.5 Å². The number of benzene rings is 1. The first kappa shape index (κ1) is 12.1. The highest BCUT2D eigenvalue weighted by Gasteiger charge is 1.99. The van der Waals surface area contributed by atoms with Crippen molar-refractivity contribution in [2.75, 3.05) is 11.9 Å². The summed E-state index contributed by atoms with van der Waals surface area (Å²) in [6, 6.07) is 8.63. The molecule has 0 unspecified atom stereocenters. The van der Waals surface area contributed by atoms with Crippen LogP contribution in [-0.4, -0.2) is 11.5 Å². The summed E-state index contributed by atoms with van der Waals surface area (Å²) in [4.78, 5) is 5.37. The summed E-state index contributed by atoms with van der Waals surface area (Å²) in [7, 11) is 0. The molecule has 1 aromatic carbocycles. The molecule has 0 radical (unpaired) electrons. The topological polar surface area (TPSA) is 50.9 Å². The molecule has 3 N–H and O–H groups in total. The summed E-state index contributed by atoms with van der Waals surface area (Å²) in [6.45, 7) is 3.57. The first-order valence-corrected chi connectivity index (χ1v) is 6.54. The first-order chi connectivity index (χ1) is 8.28. The van der Waals surface area contributed by atoms with Crippen LogP contribution in [0.1, 0.15) is 16.0 Å². The lowest BCUT2D eigenvalue weighted by molar-refractivity contribution is 1.01. The predicted molar refractivity (Wildman–Crippen MR) is 73.4 cm³/mol. The van der Waals surface area contributed by atoms with Gasteiger partial charge in [-0.25, -0.2) is 4.98 Å². The molecule has 17 heavy (non-hydrogen) atoms. The van der Waals surface area contributed by atoms with Gasteiger partial charge in [-0.15, -0.1) is 11.3 Å². The second-order valence-corrected chi connectivity index (χ2v) is 5.11. The Kier molecular flexibility index (Phi) is 4.12. The zero-order valence-corrected chi connectivity index (χ0v) is 10.8. The minimum Gasteiger partial charge on any atom is -0.361 e. The molecule has 2 aromatic rings. The molecule has 0 spiro atoms. The van der Waals surface area contributed by atoms with Crippen molar-refractivity contribution in [3.63, 3.8) is 0 Å². The van der Waals surface area contributed by atoms with Gasteiger partial charge in [0, 0.05) is 24.2 Å².